The summed E-state index contributed by atoms with van der Waals surface area (Å²) in [6, 6.07) is 14.9. The number of H-pyrrole nitrogens is 1. The van der Waals surface area contributed by atoms with E-state index in [1.807, 2.05) is 36.4 Å². The zero-order valence-corrected chi connectivity index (χ0v) is 10.5. The summed E-state index contributed by atoms with van der Waals surface area (Å²) >= 11 is 0. The third-order valence-corrected chi connectivity index (χ3v) is 3.23. The van der Waals surface area contributed by atoms with Crippen LogP contribution in [0.2, 0.25) is 0 Å². The highest BCUT2D eigenvalue weighted by Gasteiger charge is 2.13. The predicted octanol–water partition coefficient (Wildman–Crippen LogP) is 2.89. The average molecular weight is 265 g/mol. The number of benzene rings is 2. The van der Waals surface area contributed by atoms with Crippen molar-refractivity contribution in [1.82, 2.24) is 4.98 Å². The Morgan fingerprint density at radius 1 is 1.00 bits per heavy atom. The summed E-state index contributed by atoms with van der Waals surface area (Å²) in [4.78, 5) is 26.1. The van der Waals surface area contributed by atoms with Crippen LogP contribution >= 0.6 is 0 Å². The van der Waals surface area contributed by atoms with E-state index < -0.39 is 11.4 Å². The van der Waals surface area contributed by atoms with Crippen LogP contribution in [0.4, 0.5) is 0 Å². The first-order chi connectivity index (χ1) is 9.68. The molecule has 4 nitrogen and oxygen atoms in total. The van der Waals surface area contributed by atoms with Crippen LogP contribution in [0, 0.1) is 0 Å². The molecule has 0 aliphatic carbocycles. The van der Waals surface area contributed by atoms with Crippen LogP contribution < -0.4 is 5.43 Å². The lowest BCUT2D eigenvalue weighted by atomic mass is 10.0. The number of aromatic amines is 1. The van der Waals surface area contributed by atoms with Crippen LogP contribution in [-0.4, -0.2) is 16.1 Å². The van der Waals surface area contributed by atoms with E-state index in [1.54, 1.807) is 12.1 Å². The molecule has 2 N–H and O–H groups in total. The van der Waals surface area contributed by atoms with Gasteiger partial charge in [0, 0.05) is 17.1 Å². The zero-order valence-electron chi connectivity index (χ0n) is 10.5. The second-order valence-electron chi connectivity index (χ2n) is 4.43. The Morgan fingerprint density at radius 3 is 2.45 bits per heavy atom. The van der Waals surface area contributed by atoms with Crippen molar-refractivity contribution in [3.8, 4) is 11.1 Å². The van der Waals surface area contributed by atoms with Gasteiger partial charge >= 0.3 is 5.97 Å². The maximum absolute atomic E-state index is 12.2. The van der Waals surface area contributed by atoms with Gasteiger partial charge in [-0.25, -0.2) is 4.79 Å². The molecular formula is C16H11NO3. The summed E-state index contributed by atoms with van der Waals surface area (Å²) < 4.78 is 0. The Hall–Kier alpha value is -2.88. The topological polar surface area (TPSA) is 70.2 Å². The number of rotatable bonds is 2. The van der Waals surface area contributed by atoms with Gasteiger partial charge in [-0.3, -0.25) is 4.79 Å². The zero-order chi connectivity index (χ0) is 14.1. The first-order valence-electron chi connectivity index (χ1n) is 6.11. The van der Waals surface area contributed by atoms with E-state index in [4.69, 9.17) is 5.11 Å². The number of aromatic carboxylic acids is 1. The van der Waals surface area contributed by atoms with Crippen molar-refractivity contribution < 1.29 is 9.90 Å². The lowest BCUT2D eigenvalue weighted by molar-refractivity contribution is 0.0695. The van der Waals surface area contributed by atoms with Gasteiger partial charge < -0.3 is 10.1 Å². The molecule has 0 radical (unpaired) electrons. The van der Waals surface area contributed by atoms with E-state index in [9.17, 15) is 9.59 Å². The van der Waals surface area contributed by atoms with Gasteiger partial charge in [0.15, 0.2) is 0 Å². The number of nitrogens with one attached hydrogen (secondary N) is 1. The largest absolute Gasteiger partial charge is 0.477 e. The van der Waals surface area contributed by atoms with Gasteiger partial charge in [0.2, 0.25) is 5.43 Å². The van der Waals surface area contributed by atoms with Crippen molar-refractivity contribution in [2.24, 2.45) is 0 Å². The number of para-hydroxylation sites is 1. The lowest BCUT2D eigenvalue weighted by Gasteiger charge is -2.07. The molecule has 3 aromatic rings. The minimum absolute atomic E-state index is 0.247. The summed E-state index contributed by atoms with van der Waals surface area (Å²) in [7, 11) is 0. The van der Waals surface area contributed by atoms with Crippen LogP contribution in [0.3, 0.4) is 0 Å². The highest BCUT2D eigenvalue weighted by molar-refractivity contribution is 5.97. The first kappa shape index (κ1) is 12.2. The number of hydrogen-bond acceptors (Lipinski definition) is 2. The Morgan fingerprint density at radius 2 is 1.75 bits per heavy atom. The van der Waals surface area contributed by atoms with Crippen molar-refractivity contribution in [2.45, 2.75) is 0 Å². The smallest absolute Gasteiger partial charge is 0.341 e. The van der Waals surface area contributed by atoms with Gasteiger partial charge in [0.05, 0.1) is 5.52 Å². The molecular weight excluding hydrogens is 254 g/mol. The lowest BCUT2D eigenvalue weighted by Crippen LogP contribution is -2.15. The van der Waals surface area contributed by atoms with E-state index in [0.29, 0.717) is 10.9 Å². The Bertz CT molecular complexity index is 850. The van der Waals surface area contributed by atoms with E-state index in [-0.39, 0.29) is 5.56 Å². The Labute approximate surface area is 114 Å². The Balaban J connectivity index is 2.35. The van der Waals surface area contributed by atoms with Gasteiger partial charge in [-0.1, -0.05) is 42.5 Å². The molecule has 1 aromatic heterocycles. The number of fused-ring (bicyclic) bond motifs is 1. The normalized spacial score (nSPS) is 10.6. The number of carboxylic acids is 1. The average Bonchev–Trinajstić information content (AvgIpc) is 2.48. The standard InChI is InChI=1S/C16H11NO3/c18-15-12-8-4-7-11(10-5-2-1-3-6-10)14(12)17-9-13(15)16(19)20/h1-9H,(H,17,18)(H,19,20). The first-order valence-corrected chi connectivity index (χ1v) is 6.11. The number of pyridine rings is 1. The van der Waals surface area contributed by atoms with Crippen molar-refractivity contribution in [2.75, 3.05) is 0 Å². The second kappa shape index (κ2) is 4.66. The maximum Gasteiger partial charge on any atom is 0.341 e. The monoisotopic (exact) mass is 265 g/mol. The summed E-state index contributed by atoms with van der Waals surface area (Å²) in [5.74, 6) is -1.22. The fourth-order valence-electron chi connectivity index (χ4n) is 2.27. The predicted molar refractivity (Wildman–Crippen MR) is 77.0 cm³/mol. The van der Waals surface area contributed by atoms with E-state index in [2.05, 4.69) is 4.98 Å². The van der Waals surface area contributed by atoms with Crippen LogP contribution in [-0.2, 0) is 0 Å². The highest BCUT2D eigenvalue weighted by atomic mass is 16.4. The van der Waals surface area contributed by atoms with Crippen molar-refractivity contribution in [3.63, 3.8) is 0 Å². The van der Waals surface area contributed by atoms with Crippen LogP contribution in [0.15, 0.2) is 59.5 Å². The molecule has 0 spiro atoms. The van der Waals surface area contributed by atoms with E-state index >= 15 is 0 Å². The van der Waals surface area contributed by atoms with Crippen LogP contribution in [0.25, 0.3) is 22.0 Å². The van der Waals surface area contributed by atoms with Gasteiger partial charge in [-0.2, -0.15) is 0 Å². The Kier molecular flexibility index (Phi) is 2.84. The summed E-state index contributed by atoms with van der Waals surface area (Å²) in [5.41, 5.74) is 1.77. The summed E-state index contributed by atoms with van der Waals surface area (Å²) in [6.07, 6.45) is 1.25. The third-order valence-electron chi connectivity index (χ3n) is 3.23. The maximum atomic E-state index is 12.2. The molecule has 0 aliphatic heterocycles. The molecule has 0 fully saturated rings. The summed E-state index contributed by atoms with van der Waals surface area (Å²) in [5, 5.41) is 9.37. The van der Waals surface area contributed by atoms with Crippen molar-refractivity contribution in [3.05, 3.63) is 70.5 Å². The molecule has 0 amide bonds. The quantitative estimate of drug-likeness (QED) is 0.748. The van der Waals surface area contributed by atoms with Crippen molar-refractivity contribution >= 4 is 16.9 Å². The molecule has 2 aromatic carbocycles. The van der Waals surface area contributed by atoms with E-state index in [0.717, 1.165) is 11.1 Å². The minimum Gasteiger partial charge on any atom is -0.477 e. The molecule has 0 saturated heterocycles. The fourth-order valence-corrected chi connectivity index (χ4v) is 2.27. The number of carboxylic acid groups (broad SMARTS) is 1. The third kappa shape index (κ3) is 1.87. The molecule has 1 heterocycles. The second-order valence-corrected chi connectivity index (χ2v) is 4.43. The van der Waals surface area contributed by atoms with E-state index in [1.165, 1.54) is 6.20 Å². The molecule has 0 atom stereocenters. The molecule has 0 unspecified atom stereocenters. The number of aromatic nitrogens is 1. The SMILES string of the molecule is O=C(O)c1c[nH]c2c(-c3ccccc3)cccc2c1=O. The van der Waals surface area contributed by atoms with Crippen LogP contribution in [0.1, 0.15) is 10.4 Å². The molecule has 98 valence electrons. The fraction of sp³-hybridized carbons (Fsp3) is 0. The molecule has 4 heteroatoms. The number of hydrogen-bond donors (Lipinski definition) is 2. The van der Waals surface area contributed by atoms with Gasteiger partial charge in [0.25, 0.3) is 0 Å². The minimum atomic E-state index is -1.22. The van der Waals surface area contributed by atoms with Crippen LogP contribution in [0.5, 0.6) is 0 Å². The molecule has 0 saturated carbocycles. The molecule has 0 aliphatic rings. The molecule has 0 bridgehead atoms. The van der Waals surface area contributed by atoms with Crippen molar-refractivity contribution in [1.29, 1.82) is 0 Å². The molecule has 20 heavy (non-hydrogen) atoms. The van der Waals surface area contributed by atoms with Gasteiger partial charge in [0.1, 0.15) is 5.56 Å². The molecule has 3 rings (SSSR count). The van der Waals surface area contributed by atoms with Gasteiger partial charge in [-0.15, -0.1) is 0 Å². The highest BCUT2D eigenvalue weighted by Crippen LogP contribution is 2.25. The van der Waals surface area contributed by atoms with Gasteiger partial charge in [-0.05, 0) is 11.6 Å². The summed E-state index contributed by atoms with van der Waals surface area (Å²) in [6.45, 7) is 0. The number of carbonyl (C=O) groups is 1.